The first-order valence-electron chi connectivity index (χ1n) is 21.3. The Labute approximate surface area is 386 Å². The van der Waals surface area contributed by atoms with Crippen molar-refractivity contribution < 1.29 is 81.9 Å². The van der Waals surface area contributed by atoms with Crippen LogP contribution in [0.5, 0.6) is 0 Å². The van der Waals surface area contributed by atoms with Gasteiger partial charge in [0.25, 0.3) is 0 Å². The number of nitrogens with two attached hydrogens (primary N) is 6. The molecule has 0 aromatic heterocycles. The van der Waals surface area contributed by atoms with E-state index in [0.717, 1.165) is 24.9 Å². The Kier molecular flexibility index (Phi) is 58.0. The van der Waals surface area contributed by atoms with Gasteiger partial charge in [0.05, 0.1) is 0 Å². The Morgan fingerprint density at radius 1 is 0.286 bits per heavy atom. The molecule has 0 rings (SSSR count). The van der Waals surface area contributed by atoms with Crippen molar-refractivity contribution in [2.24, 2.45) is 34.4 Å². The number of hydrogen-bond donors (Lipinski definition) is 12. The fourth-order valence-electron chi connectivity index (χ4n) is 4.64. The SMILES string of the molecule is CCO[Si](CCCN)(OCC)OCC.CCO[Si](CCN)(OCC)OCC.CO[Si](CCCN)(OC)OC.CO[Si](CCN)(OC)OC.NCCC[Si](O)(O)O.NCC[Si](O)(O)O. The molecule has 30 heteroatoms. The van der Waals surface area contributed by atoms with Crippen molar-refractivity contribution in [2.75, 3.05) is 122 Å². The second-order valence-corrected chi connectivity index (χ2v) is 28.1. The molecule has 0 saturated carbocycles. The van der Waals surface area contributed by atoms with Crippen molar-refractivity contribution in [3.63, 3.8) is 0 Å². The second kappa shape index (κ2) is 48.8. The molecule has 24 nitrogen and oxygen atoms in total. The molecule has 0 bridgehead atoms. The third-order valence-electron chi connectivity index (χ3n) is 7.52. The summed E-state index contributed by atoms with van der Waals surface area (Å²) < 4.78 is 64.5. The van der Waals surface area contributed by atoms with Gasteiger partial charge in [-0.05, 0) is 100 Å². The zero-order chi connectivity index (χ0) is 50.3. The second-order valence-electron chi connectivity index (χ2n) is 12.4. The van der Waals surface area contributed by atoms with Gasteiger partial charge in [-0.2, -0.15) is 0 Å². The largest absolute Gasteiger partial charge is 0.502 e. The molecule has 0 saturated heterocycles. The topological polar surface area (TPSA) is 388 Å². The first-order chi connectivity index (χ1) is 29.6. The highest BCUT2D eigenvalue weighted by Gasteiger charge is 2.40. The third kappa shape index (κ3) is 47.2. The lowest BCUT2D eigenvalue weighted by Crippen LogP contribution is -2.47. The van der Waals surface area contributed by atoms with Crippen molar-refractivity contribution in [3.8, 4) is 0 Å². The van der Waals surface area contributed by atoms with Crippen LogP contribution in [0.15, 0.2) is 0 Å². The smallest absolute Gasteiger partial charge is 0.390 e. The van der Waals surface area contributed by atoms with Crippen molar-refractivity contribution >= 4 is 52.8 Å². The molecule has 0 aromatic carbocycles. The summed E-state index contributed by atoms with van der Waals surface area (Å²) >= 11 is 0. The lowest BCUT2D eigenvalue weighted by Gasteiger charge is -2.28. The van der Waals surface area contributed by atoms with E-state index in [-0.39, 0.29) is 18.6 Å². The predicted molar refractivity (Wildman–Crippen MR) is 257 cm³/mol. The maximum absolute atomic E-state index is 8.34. The highest BCUT2D eigenvalue weighted by atomic mass is 28.4. The molecule has 0 aliphatic heterocycles. The highest BCUT2D eigenvalue weighted by molar-refractivity contribution is 6.61. The van der Waals surface area contributed by atoms with E-state index in [0.29, 0.717) is 90.9 Å². The fraction of sp³-hybridized carbons (Fsp3) is 1.00. The molecule has 0 radical (unpaired) electrons. The van der Waals surface area contributed by atoms with Crippen molar-refractivity contribution in [3.05, 3.63) is 0 Å². The summed E-state index contributed by atoms with van der Waals surface area (Å²) in [4.78, 5) is 49.6. The van der Waals surface area contributed by atoms with Crippen LogP contribution >= 0.6 is 0 Å². The molecule has 0 unspecified atom stereocenters. The molecule has 390 valence electrons. The molecule has 0 aromatic rings. The van der Waals surface area contributed by atoms with Crippen LogP contribution in [0, 0.1) is 0 Å². The molecule has 18 N–H and O–H groups in total. The summed E-state index contributed by atoms with van der Waals surface area (Å²) in [5, 5.41) is 0. The van der Waals surface area contributed by atoms with Gasteiger partial charge < -0.3 is 116 Å². The van der Waals surface area contributed by atoms with Gasteiger partial charge in [0.15, 0.2) is 0 Å². The molecule has 0 aliphatic rings. The quantitative estimate of drug-likeness (QED) is 0.0334. The Morgan fingerprint density at radius 2 is 0.492 bits per heavy atom. The van der Waals surface area contributed by atoms with Gasteiger partial charge in [0.1, 0.15) is 0 Å². The van der Waals surface area contributed by atoms with Crippen LogP contribution in [-0.2, 0) is 53.1 Å². The maximum Gasteiger partial charge on any atom is 0.502 e. The van der Waals surface area contributed by atoms with Gasteiger partial charge in [-0.15, -0.1) is 0 Å². The van der Waals surface area contributed by atoms with Crippen molar-refractivity contribution in [1.29, 1.82) is 0 Å². The van der Waals surface area contributed by atoms with Crippen LogP contribution in [0.3, 0.4) is 0 Å². The Bertz CT molecular complexity index is 849. The maximum atomic E-state index is 8.34. The van der Waals surface area contributed by atoms with Crippen LogP contribution in [0.2, 0.25) is 36.3 Å². The zero-order valence-electron chi connectivity index (χ0n) is 40.9. The third-order valence-corrected chi connectivity index (χ3v) is 21.3. The van der Waals surface area contributed by atoms with E-state index >= 15 is 0 Å². The summed E-state index contributed by atoms with van der Waals surface area (Å²) in [6.45, 7) is 18.3. The summed E-state index contributed by atoms with van der Waals surface area (Å²) in [5.74, 6) is 0. The molecular weight excluding hydrogens is 937 g/mol. The van der Waals surface area contributed by atoms with Crippen LogP contribution < -0.4 is 34.4 Å². The van der Waals surface area contributed by atoms with E-state index in [2.05, 4.69) is 0 Å². The fourth-order valence-corrected chi connectivity index (χ4v) is 13.9. The monoisotopic (exact) mass is 1030 g/mol. The van der Waals surface area contributed by atoms with Gasteiger partial charge in [-0.25, -0.2) is 0 Å². The van der Waals surface area contributed by atoms with Gasteiger partial charge in [-0.1, -0.05) is 0 Å². The Balaban J connectivity index is -0.000000157. The van der Waals surface area contributed by atoms with Gasteiger partial charge in [0.2, 0.25) is 0 Å². The van der Waals surface area contributed by atoms with E-state index in [4.69, 9.17) is 116 Å². The molecule has 0 spiro atoms. The Morgan fingerprint density at radius 3 is 0.651 bits per heavy atom. The predicted octanol–water partition coefficient (Wildman–Crippen LogP) is -1.47. The standard InChI is InChI=1S/C9H23NO3Si.C8H21NO3Si.C6H17NO3Si.C5H15NO3Si.C3H11NO3Si.C2H9NO3Si/c1-4-11-14(12-5-2,13-6-3)9-7-8-10;1-4-10-13(8-7-9,11-5-2)12-6-3;1-8-11(9-2,10-3)6-4-5-7;1-7-10(8-2,9-3)5-4-6;4-2-1-3-8(5,6)7;3-1-2-7(4,5)6/h4-10H2,1-3H3;4-9H2,1-3H3;4-7H2,1-3H3;4-6H2,1-3H3;5-7H,1-4H2;4-6H,1-3H2. The Hall–Kier alpha value is 0.341. The van der Waals surface area contributed by atoms with Crippen molar-refractivity contribution in [1.82, 2.24) is 0 Å². The molecule has 0 atom stereocenters. The van der Waals surface area contributed by atoms with Crippen molar-refractivity contribution in [2.45, 2.75) is 97.1 Å². The highest BCUT2D eigenvalue weighted by Crippen LogP contribution is 2.18. The van der Waals surface area contributed by atoms with Gasteiger partial charge in [0, 0.05) is 119 Å². The molecule has 0 amide bonds. The summed E-state index contributed by atoms with van der Waals surface area (Å²) in [7, 11) is -7.46. The van der Waals surface area contributed by atoms with E-state index in [1.807, 2.05) is 41.5 Å². The molecule has 0 fully saturated rings. The van der Waals surface area contributed by atoms with Gasteiger partial charge >= 0.3 is 52.8 Å². The molecular formula is C33H96N6O18Si6. The van der Waals surface area contributed by atoms with Crippen LogP contribution in [-0.4, -0.2) is 203 Å². The normalized spacial score (nSPS) is 12.0. The zero-order valence-corrected chi connectivity index (χ0v) is 46.9. The summed E-state index contributed by atoms with van der Waals surface area (Å²) in [6, 6.07) is 2.93. The minimum atomic E-state index is -3.78. The lowest BCUT2D eigenvalue weighted by molar-refractivity contribution is 0.0705. The van der Waals surface area contributed by atoms with E-state index in [1.54, 1.807) is 42.7 Å². The molecule has 63 heavy (non-hydrogen) atoms. The first-order valence-corrected chi connectivity index (χ1v) is 33.1. The van der Waals surface area contributed by atoms with E-state index in [9.17, 15) is 0 Å². The number of rotatable bonds is 33. The molecule has 0 heterocycles. The van der Waals surface area contributed by atoms with E-state index < -0.39 is 52.8 Å². The molecule has 0 aliphatic carbocycles. The minimum absolute atomic E-state index is 0.0451. The minimum Gasteiger partial charge on any atom is -0.390 e. The lowest BCUT2D eigenvalue weighted by atomic mass is 10.5. The van der Waals surface area contributed by atoms with Crippen LogP contribution in [0.4, 0.5) is 0 Å². The van der Waals surface area contributed by atoms with Crippen LogP contribution in [0.25, 0.3) is 0 Å². The summed E-state index contributed by atoms with van der Waals surface area (Å²) in [5.41, 5.74) is 31.6. The summed E-state index contributed by atoms with van der Waals surface area (Å²) in [6.07, 6.45) is 2.24. The number of hydrogen-bond acceptors (Lipinski definition) is 24. The van der Waals surface area contributed by atoms with E-state index in [1.165, 1.54) is 0 Å². The average molecular weight is 1030 g/mol. The van der Waals surface area contributed by atoms with Gasteiger partial charge in [-0.3, -0.25) is 0 Å². The average Bonchev–Trinajstić information content (AvgIpc) is 3.23. The first kappa shape index (κ1) is 74.9. The van der Waals surface area contributed by atoms with Crippen LogP contribution in [0.1, 0.15) is 60.8 Å².